The van der Waals surface area contributed by atoms with Gasteiger partial charge in [-0.15, -0.1) is 0 Å². The topological polar surface area (TPSA) is 75.7 Å². The summed E-state index contributed by atoms with van der Waals surface area (Å²) in [6, 6.07) is 21.4. The van der Waals surface area contributed by atoms with Crippen molar-refractivity contribution in [1.29, 1.82) is 0 Å². The molecule has 0 aromatic heterocycles. The highest BCUT2D eigenvalue weighted by Gasteiger charge is 2.44. The average molecular weight is 495 g/mol. The maximum Gasteiger partial charge on any atom is 0.255 e. The number of carbonyl (C=O) groups is 3. The van der Waals surface area contributed by atoms with Crippen LogP contribution in [-0.2, 0) is 22.6 Å². The zero-order chi connectivity index (χ0) is 25.5. The number of hydrogen-bond donors (Lipinski definition) is 1. The van der Waals surface area contributed by atoms with Crippen molar-refractivity contribution < 1.29 is 19.1 Å². The molecular formula is C31H30N2O4. The third kappa shape index (κ3) is 4.20. The fourth-order valence-corrected chi connectivity index (χ4v) is 6.15. The van der Waals surface area contributed by atoms with E-state index in [1.165, 1.54) is 11.1 Å². The number of methoxy groups -OCH3 is 1. The van der Waals surface area contributed by atoms with E-state index < -0.39 is 12.0 Å². The van der Waals surface area contributed by atoms with Crippen LogP contribution in [0.5, 0.6) is 5.75 Å². The van der Waals surface area contributed by atoms with Crippen molar-refractivity contribution >= 4 is 23.2 Å². The van der Waals surface area contributed by atoms with Crippen LogP contribution in [0, 0.1) is 5.92 Å². The first kappa shape index (κ1) is 23.5. The van der Waals surface area contributed by atoms with E-state index in [0.29, 0.717) is 31.4 Å². The highest BCUT2D eigenvalue weighted by Crippen LogP contribution is 2.39. The minimum Gasteiger partial charge on any atom is -0.497 e. The molecule has 0 radical (unpaired) electrons. The van der Waals surface area contributed by atoms with Gasteiger partial charge in [-0.25, -0.2) is 0 Å². The van der Waals surface area contributed by atoms with E-state index in [4.69, 9.17) is 4.74 Å². The molecule has 2 heterocycles. The molecule has 2 aliphatic heterocycles. The lowest BCUT2D eigenvalue weighted by molar-refractivity contribution is -0.139. The summed E-state index contributed by atoms with van der Waals surface area (Å²) in [6.07, 6.45) is 2.05. The molecule has 188 valence electrons. The molecule has 0 saturated heterocycles. The SMILES string of the molecule is COc1ccc(CC2C(=O)CCC(N3Cc4cc(C5CCNc6ccccc65)ccc4C3=O)C2=O)cc1. The molecule has 1 amide bonds. The molecule has 0 bridgehead atoms. The molecule has 3 aromatic rings. The molecule has 6 heteroatoms. The summed E-state index contributed by atoms with van der Waals surface area (Å²) in [5, 5.41) is 3.47. The Kier molecular flexibility index (Phi) is 6.03. The van der Waals surface area contributed by atoms with Crippen LogP contribution in [0.2, 0.25) is 0 Å². The van der Waals surface area contributed by atoms with Crippen molar-refractivity contribution in [3.8, 4) is 5.75 Å². The Morgan fingerprint density at radius 2 is 1.78 bits per heavy atom. The lowest BCUT2D eigenvalue weighted by Gasteiger charge is -2.33. The van der Waals surface area contributed by atoms with Crippen molar-refractivity contribution in [2.75, 3.05) is 19.0 Å². The number of ether oxygens (including phenoxy) is 1. The zero-order valence-electron chi connectivity index (χ0n) is 20.9. The van der Waals surface area contributed by atoms with E-state index >= 15 is 0 Å². The van der Waals surface area contributed by atoms with Crippen LogP contribution in [-0.4, -0.2) is 42.1 Å². The van der Waals surface area contributed by atoms with E-state index in [-0.39, 0.29) is 23.4 Å². The van der Waals surface area contributed by atoms with Gasteiger partial charge in [-0.2, -0.15) is 0 Å². The van der Waals surface area contributed by atoms with Crippen molar-refractivity contribution in [2.24, 2.45) is 5.92 Å². The van der Waals surface area contributed by atoms with Crippen LogP contribution < -0.4 is 10.1 Å². The summed E-state index contributed by atoms with van der Waals surface area (Å²) in [5.74, 6) is 0.00726. The molecule has 3 aliphatic rings. The molecule has 3 atom stereocenters. The Labute approximate surface area is 216 Å². The molecule has 6 nitrogen and oxygen atoms in total. The van der Waals surface area contributed by atoms with Gasteiger partial charge in [-0.05, 0) is 65.8 Å². The largest absolute Gasteiger partial charge is 0.497 e. The second kappa shape index (κ2) is 9.51. The van der Waals surface area contributed by atoms with E-state index in [1.807, 2.05) is 36.4 Å². The Balaban J connectivity index is 1.22. The summed E-state index contributed by atoms with van der Waals surface area (Å²) in [4.78, 5) is 41.4. The highest BCUT2D eigenvalue weighted by atomic mass is 16.5. The van der Waals surface area contributed by atoms with Crippen molar-refractivity contribution in [1.82, 2.24) is 4.90 Å². The van der Waals surface area contributed by atoms with Crippen molar-refractivity contribution in [2.45, 2.75) is 44.2 Å². The van der Waals surface area contributed by atoms with Gasteiger partial charge in [0, 0.05) is 36.7 Å². The van der Waals surface area contributed by atoms with Gasteiger partial charge < -0.3 is 15.0 Å². The normalized spacial score (nSPS) is 22.9. The third-order valence-electron chi connectivity index (χ3n) is 8.15. The molecule has 3 unspecified atom stereocenters. The Morgan fingerprint density at radius 3 is 2.59 bits per heavy atom. The third-order valence-corrected chi connectivity index (χ3v) is 8.15. The van der Waals surface area contributed by atoms with Gasteiger partial charge in [0.25, 0.3) is 5.91 Å². The van der Waals surface area contributed by atoms with Gasteiger partial charge in [0.05, 0.1) is 19.1 Å². The number of fused-ring (bicyclic) bond motifs is 2. The molecule has 3 aromatic carbocycles. The van der Waals surface area contributed by atoms with Crippen LogP contribution >= 0.6 is 0 Å². The summed E-state index contributed by atoms with van der Waals surface area (Å²) < 4.78 is 5.21. The molecule has 1 N–H and O–H groups in total. The maximum atomic E-state index is 13.6. The number of nitrogens with zero attached hydrogens (tertiary/aromatic N) is 1. The molecular weight excluding hydrogens is 464 g/mol. The van der Waals surface area contributed by atoms with Gasteiger partial charge in [-0.1, -0.05) is 42.5 Å². The minimum atomic E-state index is -0.717. The molecule has 1 fully saturated rings. The van der Waals surface area contributed by atoms with Crippen LogP contribution in [0.15, 0.2) is 66.7 Å². The number of benzene rings is 3. The second-order valence-corrected chi connectivity index (χ2v) is 10.2. The molecule has 1 saturated carbocycles. The zero-order valence-corrected chi connectivity index (χ0v) is 20.9. The van der Waals surface area contributed by atoms with E-state index in [0.717, 1.165) is 35.5 Å². The van der Waals surface area contributed by atoms with Gasteiger partial charge in [0.15, 0.2) is 5.78 Å². The highest BCUT2D eigenvalue weighted by molar-refractivity contribution is 6.09. The Hall–Kier alpha value is -3.93. The predicted molar refractivity (Wildman–Crippen MR) is 141 cm³/mol. The smallest absolute Gasteiger partial charge is 0.255 e. The van der Waals surface area contributed by atoms with Gasteiger partial charge >= 0.3 is 0 Å². The van der Waals surface area contributed by atoms with Crippen LogP contribution in [0.25, 0.3) is 0 Å². The summed E-state index contributed by atoms with van der Waals surface area (Å²) in [7, 11) is 1.60. The van der Waals surface area contributed by atoms with Gasteiger partial charge in [0.1, 0.15) is 11.5 Å². The van der Waals surface area contributed by atoms with E-state index in [2.05, 4.69) is 35.6 Å². The lowest BCUT2D eigenvalue weighted by atomic mass is 9.79. The number of Topliss-reactive ketones (excluding diaryl/α,β-unsaturated/α-hetero) is 2. The molecule has 37 heavy (non-hydrogen) atoms. The van der Waals surface area contributed by atoms with E-state index in [9.17, 15) is 14.4 Å². The molecule has 0 spiro atoms. The quantitative estimate of drug-likeness (QED) is 0.518. The first-order valence-electron chi connectivity index (χ1n) is 13.0. The minimum absolute atomic E-state index is 0.0342. The lowest BCUT2D eigenvalue weighted by Crippen LogP contribution is -2.49. The van der Waals surface area contributed by atoms with Gasteiger partial charge in [-0.3, -0.25) is 14.4 Å². The van der Waals surface area contributed by atoms with Crippen LogP contribution in [0.1, 0.15) is 57.8 Å². The average Bonchev–Trinajstić information content (AvgIpc) is 3.26. The maximum absolute atomic E-state index is 13.6. The number of hydrogen-bond acceptors (Lipinski definition) is 5. The molecule has 1 aliphatic carbocycles. The van der Waals surface area contributed by atoms with Crippen molar-refractivity contribution in [3.63, 3.8) is 0 Å². The number of anilines is 1. The number of nitrogens with one attached hydrogen (secondary N) is 1. The fourth-order valence-electron chi connectivity index (χ4n) is 6.15. The van der Waals surface area contributed by atoms with Crippen molar-refractivity contribution in [3.05, 3.63) is 94.5 Å². The second-order valence-electron chi connectivity index (χ2n) is 10.2. The first-order valence-corrected chi connectivity index (χ1v) is 13.0. The van der Waals surface area contributed by atoms with Gasteiger partial charge in [0.2, 0.25) is 0 Å². The summed E-state index contributed by atoms with van der Waals surface area (Å²) >= 11 is 0. The Bertz CT molecular complexity index is 1380. The predicted octanol–water partition coefficient (Wildman–Crippen LogP) is 4.76. The Morgan fingerprint density at radius 1 is 0.973 bits per heavy atom. The monoisotopic (exact) mass is 494 g/mol. The first-order chi connectivity index (χ1) is 18.0. The number of para-hydroxylation sites is 1. The van der Waals surface area contributed by atoms with Crippen LogP contribution in [0.4, 0.5) is 5.69 Å². The summed E-state index contributed by atoms with van der Waals surface area (Å²) in [5.41, 5.74) is 6.19. The standard InChI is InChI=1S/C31H30N2O4/c1-37-22-9-6-19(7-10-22)16-26-29(34)13-12-28(30(26)35)33-18-21-17-20(8-11-24(21)31(33)36)23-14-15-32-27-5-3-2-4-25(23)27/h2-11,17,23,26,28,32H,12-16,18H2,1H3. The number of carbonyl (C=O) groups excluding carboxylic acids is 3. The number of ketones is 2. The number of rotatable bonds is 5. The summed E-state index contributed by atoms with van der Waals surface area (Å²) in [6.45, 7) is 1.32. The molecule has 6 rings (SSSR count). The van der Waals surface area contributed by atoms with E-state index in [1.54, 1.807) is 12.0 Å². The van der Waals surface area contributed by atoms with Crippen LogP contribution in [0.3, 0.4) is 0 Å². The number of amides is 1. The fraction of sp³-hybridized carbons (Fsp3) is 0.323.